The number of benzene rings is 2. The largest absolute Gasteiger partial charge is 0.335 e. The van der Waals surface area contributed by atoms with E-state index in [1.807, 2.05) is 24.3 Å². The molecule has 2 aromatic rings. The monoisotopic (exact) mass is 266 g/mol. The lowest BCUT2D eigenvalue weighted by molar-refractivity contribution is -0.384. The second-order valence-electron chi connectivity index (χ2n) is 4.38. The number of hydrogen-bond acceptors (Lipinski definition) is 3. The number of nitro benzene ring substituents is 1. The summed E-state index contributed by atoms with van der Waals surface area (Å²) >= 11 is 0. The number of non-ortho nitro benzene ring substituents is 1. The summed E-state index contributed by atoms with van der Waals surface area (Å²) in [4.78, 5) is 21.0. The molecule has 0 saturated heterocycles. The molecule has 0 saturated carbocycles. The van der Waals surface area contributed by atoms with Gasteiger partial charge in [0.1, 0.15) is 0 Å². The lowest BCUT2D eigenvalue weighted by Crippen LogP contribution is -2.01. The van der Waals surface area contributed by atoms with E-state index in [-0.39, 0.29) is 5.69 Å². The Morgan fingerprint density at radius 1 is 1.00 bits per heavy atom. The van der Waals surface area contributed by atoms with Crippen molar-refractivity contribution in [2.45, 2.75) is 0 Å². The molecule has 1 aliphatic rings. The molecule has 0 radical (unpaired) electrons. The number of carbonyl (C=O) groups excluding carboxylic acids is 1. The van der Waals surface area contributed by atoms with Crippen LogP contribution in [0.4, 0.5) is 5.69 Å². The molecular formula is C15H10N2O3. The number of hydrogen-bond donors (Lipinski definition) is 1. The van der Waals surface area contributed by atoms with E-state index in [0.717, 1.165) is 27.8 Å². The maximum Gasteiger partial charge on any atom is 0.270 e. The van der Waals surface area contributed by atoms with Crippen LogP contribution >= 0.6 is 0 Å². The molecule has 0 aromatic heterocycles. The van der Waals surface area contributed by atoms with E-state index < -0.39 is 4.92 Å². The molecule has 2 aromatic carbocycles. The molecule has 0 aliphatic heterocycles. The van der Waals surface area contributed by atoms with E-state index in [4.69, 9.17) is 0 Å². The average molecular weight is 266 g/mol. The van der Waals surface area contributed by atoms with E-state index in [9.17, 15) is 14.9 Å². The van der Waals surface area contributed by atoms with Gasteiger partial charge in [-0.15, -0.1) is 0 Å². The Hall–Kier alpha value is -2.95. The highest BCUT2D eigenvalue weighted by molar-refractivity contribution is 6.01. The molecule has 20 heavy (non-hydrogen) atoms. The Morgan fingerprint density at radius 2 is 1.70 bits per heavy atom. The first kappa shape index (κ1) is 12.1. The zero-order chi connectivity index (χ0) is 14.1. The number of amides is 1. The highest BCUT2D eigenvalue weighted by Gasteiger charge is 2.25. The number of nitrogens with zero attached hydrogens (tertiary/aromatic N) is 1. The molecular weight excluding hydrogens is 256 g/mol. The summed E-state index contributed by atoms with van der Waals surface area (Å²) in [6.45, 7) is 0. The Bertz CT molecular complexity index is 751. The Morgan fingerprint density at radius 3 is 2.40 bits per heavy atom. The molecule has 5 heteroatoms. The van der Waals surface area contributed by atoms with Gasteiger partial charge in [-0.05, 0) is 28.3 Å². The van der Waals surface area contributed by atoms with Crippen LogP contribution in [0.25, 0.3) is 16.7 Å². The van der Waals surface area contributed by atoms with Crippen molar-refractivity contribution in [3.05, 3.63) is 69.9 Å². The van der Waals surface area contributed by atoms with E-state index in [1.165, 1.54) is 12.1 Å². The molecule has 1 amide bonds. The van der Waals surface area contributed by atoms with Gasteiger partial charge in [0.25, 0.3) is 5.69 Å². The van der Waals surface area contributed by atoms with Crippen LogP contribution in [0.5, 0.6) is 0 Å². The van der Waals surface area contributed by atoms with E-state index >= 15 is 0 Å². The van der Waals surface area contributed by atoms with Crippen LogP contribution in [0.1, 0.15) is 11.1 Å². The van der Waals surface area contributed by atoms with Crippen LogP contribution in [-0.2, 0) is 4.79 Å². The standard InChI is InChI=1S/C15H10N2O3/c18-9-16-8-15-12-4-2-1-3-11(12)13-6-5-10(17(19)20)7-14(13)15/h1-9H,(H,16,18)/b15-8+. The lowest BCUT2D eigenvalue weighted by Gasteiger charge is -2.02. The van der Waals surface area contributed by atoms with Gasteiger partial charge in [0.15, 0.2) is 0 Å². The molecule has 3 rings (SSSR count). The maximum atomic E-state index is 10.9. The van der Waals surface area contributed by atoms with Crippen molar-refractivity contribution in [2.75, 3.05) is 0 Å². The summed E-state index contributed by atoms with van der Waals surface area (Å²) in [5.41, 5.74) is 4.48. The highest BCUT2D eigenvalue weighted by Crippen LogP contribution is 2.44. The molecule has 0 fully saturated rings. The summed E-state index contributed by atoms with van der Waals surface area (Å²) in [5, 5.41) is 13.4. The second kappa shape index (κ2) is 4.62. The van der Waals surface area contributed by atoms with Crippen molar-refractivity contribution >= 4 is 17.7 Å². The number of nitrogens with one attached hydrogen (secondary N) is 1. The van der Waals surface area contributed by atoms with Crippen molar-refractivity contribution in [1.29, 1.82) is 0 Å². The predicted molar refractivity (Wildman–Crippen MR) is 74.8 cm³/mol. The first-order valence-corrected chi connectivity index (χ1v) is 6.01. The predicted octanol–water partition coefficient (Wildman–Crippen LogP) is 2.71. The lowest BCUT2D eigenvalue weighted by atomic mass is 10.0. The molecule has 98 valence electrons. The highest BCUT2D eigenvalue weighted by atomic mass is 16.6. The summed E-state index contributed by atoms with van der Waals surface area (Å²) in [7, 11) is 0. The van der Waals surface area contributed by atoms with Gasteiger partial charge in [-0.3, -0.25) is 14.9 Å². The zero-order valence-corrected chi connectivity index (χ0v) is 10.4. The average Bonchev–Trinajstić information content (AvgIpc) is 2.78. The summed E-state index contributed by atoms with van der Waals surface area (Å²) < 4.78 is 0. The summed E-state index contributed by atoms with van der Waals surface area (Å²) in [6.07, 6.45) is 2.15. The third kappa shape index (κ3) is 1.76. The van der Waals surface area contributed by atoms with Crippen molar-refractivity contribution in [1.82, 2.24) is 5.32 Å². The fourth-order valence-electron chi connectivity index (χ4n) is 2.47. The molecule has 1 N–H and O–H groups in total. The minimum atomic E-state index is -0.423. The van der Waals surface area contributed by atoms with Gasteiger partial charge in [0.05, 0.1) is 4.92 Å². The fourth-order valence-corrected chi connectivity index (χ4v) is 2.47. The summed E-state index contributed by atoms with van der Waals surface area (Å²) in [6, 6.07) is 12.5. The number of carbonyl (C=O) groups is 1. The van der Waals surface area contributed by atoms with Gasteiger partial charge in [0, 0.05) is 23.9 Å². The fraction of sp³-hybridized carbons (Fsp3) is 0. The Kier molecular flexibility index (Phi) is 2.80. The van der Waals surface area contributed by atoms with Gasteiger partial charge < -0.3 is 5.32 Å². The van der Waals surface area contributed by atoms with Crippen molar-refractivity contribution in [3.8, 4) is 11.1 Å². The summed E-state index contributed by atoms with van der Waals surface area (Å²) in [5.74, 6) is 0. The number of nitro groups is 1. The quantitative estimate of drug-likeness (QED) is 0.450. The van der Waals surface area contributed by atoms with Gasteiger partial charge >= 0.3 is 0 Å². The van der Waals surface area contributed by atoms with E-state index in [0.29, 0.717) is 6.41 Å². The van der Waals surface area contributed by atoms with Crippen LogP contribution in [-0.4, -0.2) is 11.3 Å². The zero-order valence-electron chi connectivity index (χ0n) is 10.4. The van der Waals surface area contributed by atoms with Gasteiger partial charge in [-0.1, -0.05) is 24.3 Å². The van der Waals surface area contributed by atoms with Gasteiger partial charge in [0.2, 0.25) is 6.41 Å². The van der Waals surface area contributed by atoms with Crippen LogP contribution in [0.15, 0.2) is 48.7 Å². The van der Waals surface area contributed by atoms with Crippen molar-refractivity contribution in [3.63, 3.8) is 0 Å². The molecule has 1 aliphatic carbocycles. The first-order valence-electron chi connectivity index (χ1n) is 6.01. The van der Waals surface area contributed by atoms with Crippen molar-refractivity contribution in [2.24, 2.45) is 0 Å². The SMILES string of the molecule is O=CN/C=C1\c2ccccc2-c2ccc([N+](=O)[O-])cc21. The van der Waals surface area contributed by atoms with Crippen LogP contribution < -0.4 is 5.32 Å². The molecule has 0 spiro atoms. The molecule has 0 unspecified atom stereocenters. The Labute approximate surface area is 114 Å². The second-order valence-corrected chi connectivity index (χ2v) is 4.38. The number of fused-ring (bicyclic) bond motifs is 3. The van der Waals surface area contributed by atoms with Gasteiger partial charge in [-0.2, -0.15) is 0 Å². The van der Waals surface area contributed by atoms with E-state index in [2.05, 4.69) is 5.32 Å². The van der Waals surface area contributed by atoms with Gasteiger partial charge in [-0.25, -0.2) is 0 Å². The Balaban J connectivity index is 2.25. The minimum absolute atomic E-state index is 0.0357. The number of rotatable bonds is 3. The normalized spacial score (nSPS) is 13.7. The van der Waals surface area contributed by atoms with Crippen LogP contribution in [0.3, 0.4) is 0 Å². The first-order chi connectivity index (χ1) is 9.72. The van der Waals surface area contributed by atoms with Crippen LogP contribution in [0.2, 0.25) is 0 Å². The molecule has 0 atom stereocenters. The third-order valence-corrected chi connectivity index (χ3v) is 3.31. The minimum Gasteiger partial charge on any atom is -0.335 e. The molecule has 0 bridgehead atoms. The maximum absolute atomic E-state index is 10.9. The van der Waals surface area contributed by atoms with E-state index in [1.54, 1.807) is 12.3 Å². The molecule has 5 nitrogen and oxygen atoms in total. The topological polar surface area (TPSA) is 72.2 Å². The third-order valence-electron chi connectivity index (χ3n) is 3.31. The van der Waals surface area contributed by atoms with Crippen LogP contribution in [0, 0.1) is 10.1 Å². The molecule has 0 heterocycles. The van der Waals surface area contributed by atoms with Crippen molar-refractivity contribution < 1.29 is 9.72 Å². The smallest absolute Gasteiger partial charge is 0.270 e.